The number of nitrogens with zero attached hydrogens (tertiary/aromatic N) is 4. The molecule has 4 heterocycles. The first-order valence-corrected chi connectivity index (χ1v) is 18.6. The molecule has 1 unspecified atom stereocenters. The van der Waals surface area contributed by atoms with Crippen molar-refractivity contribution in [2.75, 3.05) is 24.8 Å². The molecule has 4 atom stereocenters. The number of hydrogen-bond acceptors (Lipinski definition) is 10. The number of nitrogens with one attached hydrogen (secondary N) is 1. The molecule has 41 heavy (non-hydrogen) atoms. The lowest BCUT2D eigenvalue weighted by atomic mass is 10.1. The zero-order chi connectivity index (χ0) is 30.4. The largest absolute Gasteiger partial charge is 0.414 e. The summed E-state index contributed by atoms with van der Waals surface area (Å²) in [5.74, 6) is -0.186. The van der Waals surface area contributed by atoms with Crippen LogP contribution >= 0.6 is 0 Å². The van der Waals surface area contributed by atoms with Gasteiger partial charge in [-0.1, -0.05) is 69.2 Å². The van der Waals surface area contributed by atoms with E-state index in [0.717, 1.165) is 0 Å². The lowest BCUT2D eigenvalue weighted by Crippen LogP contribution is -2.65. The smallest absolute Gasteiger partial charge is 0.335 e. The lowest BCUT2D eigenvalue weighted by molar-refractivity contribution is -0.118. The Morgan fingerprint density at radius 3 is 2.17 bits per heavy atom. The van der Waals surface area contributed by atoms with E-state index >= 15 is 0 Å². The molecule has 0 aliphatic carbocycles. The van der Waals surface area contributed by atoms with Crippen molar-refractivity contribution in [1.29, 1.82) is 0 Å². The summed E-state index contributed by atoms with van der Waals surface area (Å²) in [5, 5.41) is 2.73. The molecule has 0 aromatic carbocycles. The molecule has 14 heteroatoms. The first-order valence-electron chi connectivity index (χ1n) is 14.7. The van der Waals surface area contributed by atoms with E-state index in [1.807, 2.05) is 0 Å². The average molecular weight is 609 g/mol. The molecule has 1 amide bonds. The maximum Gasteiger partial charge on any atom is 0.335 e. The first kappa shape index (κ1) is 32.0. The zero-order valence-corrected chi connectivity index (χ0v) is 28.3. The highest BCUT2D eigenvalue weighted by Gasteiger charge is 2.62. The molecule has 3 N–H and O–H groups in total. The van der Waals surface area contributed by atoms with Gasteiger partial charge in [0.2, 0.25) is 11.9 Å². The summed E-state index contributed by atoms with van der Waals surface area (Å²) in [5.41, 5.74) is 7.85. The monoisotopic (exact) mass is 608 g/mol. The van der Waals surface area contributed by atoms with Gasteiger partial charge in [-0.2, -0.15) is 9.97 Å². The fourth-order valence-electron chi connectivity index (χ4n) is 6.03. The normalized spacial score (nSPS) is 26.2. The molecule has 12 nitrogen and oxygen atoms in total. The number of imidazole rings is 1. The molecule has 2 aromatic rings. The standard InChI is InChI=1S/C27H48N6O6Si2/c1-14(2)25(34)32-27-30-23(28)20-24(31-27)33(13-29-20)26-22(35-11)21-19(37-26)12-36-40(15(3)4,16(5)6)39-41(38-21,17(7)8)18(9)10/h13-19,21-22,26H,12H2,1-11H3,(H3,28,30,31,32,34)/t19-,21-,22-,26?/m1/s1. The molecule has 230 valence electrons. The quantitative estimate of drug-likeness (QED) is 0.398. The number of hydrogen-bond donors (Lipinski definition) is 2. The van der Waals surface area contributed by atoms with Crippen molar-refractivity contribution in [2.24, 2.45) is 5.92 Å². The van der Waals surface area contributed by atoms with Crippen LogP contribution in [0.4, 0.5) is 11.8 Å². The Kier molecular flexibility index (Phi) is 9.34. The van der Waals surface area contributed by atoms with Crippen LogP contribution in [0.1, 0.15) is 75.5 Å². The van der Waals surface area contributed by atoms with Gasteiger partial charge < -0.3 is 28.2 Å². The van der Waals surface area contributed by atoms with Crippen molar-refractivity contribution < 1.29 is 27.2 Å². The molecule has 2 aliphatic rings. The number of aromatic nitrogens is 4. The van der Waals surface area contributed by atoms with Crippen LogP contribution in [-0.4, -0.2) is 74.6 Å². The fraction of sp³-hybridized carbons (Fsp3) is 0.778. The van der Waals surface area contributed by atoms with Crippen molar-refractivity contribution in [1.82, 2.24) is 19.5 Å². The highest BCUT2D eigenvalue weighted by molar-refractivity contribution is 6.84. The lowest BCUT2D eigenvalue weighted by Gasteiger charge is -2.51. The number of amides is 1. The predicted octanol–water partition coefficient (Wildman–Crippen LogP) is 4.87. The molecule has 2 aliphatic heterocycles. The summed E-state index contributed by atoms with van der Waals surface area (Å²) in [6, 6.07) is 0. The Hall–Kier alpha value is -1.95. The topological polar surface area (TPSA) is 145 Å². The van der Waals surface area contributed by atoms with Crippen molar-refractivity contribution in [2.45, 2.75) is 116 Å². The summed E-state index contributed by atoms with van der Waals surface area (Å²) >= 11 is 0. The maximum atomic E-state index is 12.4. The third-order valence-electron chi connectivity index (χ3n) is 8.37. The van der Waals surface area contributed by atoms with E-state index in [4.69, 9.17) is 28.2 Å². The highest BCUT2D eigenvalue weighted by Crippen LogP contribution is 2.49. The molecule has 4 rings (SSSR count). The molecular formula is C27H48N6O6Si2. The molecule has 0 saturated carbocycles. The van der Waals surface area contributed by atoms with Crippen molar-refractivity contribution in [3.8, 4) is 0 Å². The van der Waals surface area contributed by atoms with Crippen LogP contribution in [0.25, 0.3) is 11.2 Å². The Morgan fingerprint density at radius 2 is 1.63 bits per heavy atom. The second-order valence-electron chi connectivity index (χ2n) is 12.7. The number of methoxy groups -OCH3 is 1. The Labute approximate surface area is 245 Å². The second kappa shape index (κ2) is 12.0. The highest BCUT2D eigenvalue weighted by atomic mass is 28.5. The molecule has 0 radical (unpaired) electrons. The number of nitrogens with two attached hydrogens (primary N) is 1. The number of rotatable bonds is 8. The van der Waals surface area contributed by atoms with Gasteiger partial charge in [-0.3, -0.25) is 14.7 Å². The maximum absolute atomic E-state index is 12.4. The van der Waals surface area contributed by atoms with Gasteiger partial charge >= 0.3 is 17.1 Å². The van der Waals surface area contributed by atoms with E-state index in [0.29, 0.717) is 17.8 Å². The molecule has 2 fully saturated rings. The fourth-order valence-corrected chi connectivity index (χ4v) is 17.2. The van der Waals surface area contributed by atoms with Crippen LogP contribution in [-0.2, 0) is 27.2 Å². The number of carbonyl (C=O) groups excluding carboxylic acids is 1. The number of fused-ring (bicyclic) bond motifs is 2. The van der Waals surface area contributed by atoms with E-state index in [2.05, 4.69) is 75.7 Å². The van der Waals surface area contributed by atoms with E-state index in [9.17, 15) is 4.79 Å². The van der Waals surface area contributed by atoms with Crippen molar-refractivity contribution in [3.63, 3.8) is 0 Å². The number of ether oxygens (including phenoxy) is 2. The van der Waals surface area contributed by atoms with Crippen LogP contribution in [0.15, 0.2) is 6.33 Å². The Morgan fingerprint density at radius 1 is 1.02 bits per heavy atom. The molecule has 0 spiro atoms. The molecule has 2 saturated heterocycles. The third-order valence-corrected chi connectivity index (χ3v) is 18.6. The molecule has 2 aromatic heterocycles. The van der Waals surface area contributed by atoms with Crippen LogP contribution in [0, 0.1) is 5.92 Å². The van der Waals surface area contributed by atoms with Crippen molar-refractivity contribution >= 4 is 46.0 Å². The van der Waals surface area contributed by atoms with E-state index in [-0.39, 0.29) is 45.8 Å². The van der Waals surface area contributed by atoms with Gasteiger partial charge in [-0.05, 0) is 22.2 Å². The number of nitrogen functional groups attached to an aromatic ring is 1. The summed E-state index contributed by atoms with van der Waals surface area (Å²) in [6.07, 6.45) is -0.367. The minimum atomic E-state index is -2.88. The minimum Gasteiger partial charge on any atom is -0.414 e. The Bertz CT molecular complexity index is 1220. The van der Waals surface area contributed by atoms with Gasteiger partial charge in [0.1, 0.15) is 23.8 Å². The predicted molar refractivity (Wildman–Crippen MR) is 162 cm³/mol. The Balaban J connectivity index is 1.79. The molecular weight excluding hydrogens is 561 g/mol. The molecule has 0 bridgehead atoms. The summed E-state index contributed by atoms with van der Waals surface area (Å²) in [4.78, 5) is 25.7. The number of anilines is 2. The summed E-state index contributed by atoms with van der Waals surface area (Å²) < 4.78 is 36.0. The van der Waals surface area contributed by atoms with Gasteiger partial charge in [0, 0.05) is 13.0 Å². The minimum absolute atomic E-state index is 0.108. The van der Waals surface area contributed by atoms with Crippen LogP contribution < -0.4 is 11.1 Å². The second-order valence-corrected chi connectivity index (χ2v) is 21.6. The van der Waals surface area contributed by atoms with Gasteiger partial charge in [-0.15, -0.1) is 0 Å². The number of carbonyl (C=O) groups is 1. The van der Waals surface area contributed by atoms with Gasteiger partial charge in [0.05, 0.1) is 12.9 Å². The van der Waals surface area contributed by atoms with E-state index in [1.54, 1.807) is 31.9 Å². The SMILES string of the molecule is CO[C@H]1C(n2cnc3c(N)nc(NC(=O)C(C)C)nc32)O[C@@H]2CO[Si](C(C)C)(C(C)C)O[Si](C(C)C)(C(C)C)O[C@H]21. The van der Waals surface area contributed by atoms with E-state index in [1.165, 1.54) is 0 Å². The van der Waals surface area contributed by atoms with Crippen LogP contribution in [0.3, 0.4) is 0 Å². The van der Waals surface area contributed by atoms with E-state index < -0.39 is 41.7 Å². The third kappa shape index (κ3) is 5.59. The van der Waals surface area contributed by atoms with Crippen LogP contribution in [0.2, 0.25) is 22.2 Å². The zero-order valence-electron chi connectivity index (χ0n) is 26.3. The summed E-state index contributed by atoms with van der Waals surface area (Å²) in [7, 11) is -3.95. The van der Waals surface area contributed by atoms with Gasteiger partial charge in [0.15, 0.2) is 17.7 Å². The van der Waals surface area contributed by atoms with Crippen LogP contribution in [0.5, 0.6) is 0 Å². The first-order chi connectivity index (χ1) is 19.2. The summed E-state index contributed by atoms with van der Waals surface area (Å²) in [6.45, 7) is 21.4. The van der Waals surface area contributed by atoms with Gasteiger partial charge in [0.25, 0.3) is 0 Å². The van der Waals surface area contributed by atoms with Crippen molar-refractivity contribution in [3.05, 3.63) is 6.33 Å². The average Bonchev–Trinajstić information content (AvgIpc) is 3.44. The van der Waals surface area contributed by atoms with Gasteiger partial charge in [-0.25, -0.2) is 4.98 Å².